The zero-order chi connectivity index (χ0) is 23.2. The first-order valence-electron chi connectivity index (χ1n) is 10.8. The van der Waals surface area contributed by atoms with E-state index in [1.165, 1.54) is 11.3 Å². The summed E-state index contributed by atoms with van der Waals surface area (Å²) >= 11 is 7.12. The molecule has 0 aliphatic carbocycles. The summed E-state index contributed by atoms with van der Waals surface area (Å²) in [6.07, 6.45) is 3.54. The van der Waals surface area contributed by atoms with Crippen LogP contribution >= 0.6 is 22.9 Å². The summed E-state index contributed by atoms with van der Waals surface area (Å²) in [7, 11) is 0. The lowest BCUT2D eigenvalue weighted by atomic mass is 10.1. The number of nitrogens with zero attached hydrogens (tertiary/aromatic N) is 1. The van der Waals surface area contributed by atoms with Crippen molar-refractivity contribution in [2.24, 2.45) is 0 Å². The van der Waals surface area contributed by atoms with Gasteiger partial charge in [-0.05, 0) is 60.9 Å². The van der Waals surface area contributed by atoms with E-state index in [-0.39, 0.29) is 24.3 Å². The van der Waals surface area contributed by atoms with Gasteiger partial charge in [0.15, 0.2) is 0 Å². The minimum atomic E-state index is -0.257. The molecule has 0 atom stereocenters. The Morgan fingerprint density at radius 3 is 2.48 bits per heavy atom. The van der Waals surface area contributed by atoms with Gasteiger partial charge in [-0.2, -0.15) is 0 Å². The third kappa shape index (κ3) is 5.80. The van der Waals surface area contributed by atoms with E-state index in [4.69, 9.17) is 11.6 Å². The van der Waals surface area contributed by atoms with E-state index in [1.807, 2.05) is 30.3 Å². The van der Waals surface area contributed by atoms with Gasteiger partial charge in [-0.15, -0.1) is 11.3 Å². The van der Waals surface area contributed by atoms with Crippen LogP contribution in [0.15, 0.2) is 60.7 Å². The van der Waals surface area contributed by atoms with Crippen LogP contribution in [0.1, 0.15) is 51.3 Å². The van der Waals surface area contributed by atoms with Gasteiger partial charge in [0.2, 0.25) is 5.91 Å². The molecule has 170 valence electrons. The molecule has 0 saturated carbocycles. The Kier molecular flexibility index (Phi) is 7.42. The Balaban J connectivity index is 1.41. The molecule has 1 fully saturated rings. The molecule has 1 saturated heterocycles. The third-order valence-corrected chi connectivity index (χ3v) is 6.75. The van der Waals surface area contributed by atoms with Crippen molar-refractivity contribution in [2.75, 3.05) is 16.8 Å². The first kappa shape index (κ1) is 23.0. The summed E-state index contributed by atoms with van der Waals surface area (Å²) in [5.74, 6) is -0.343. The Bertz CT molecular complexity index is 1160. The van der Waals surface area contributed by atoms with E-state index in [0.717, 1.165) is 30.5 Å². The summed E-state index contributed by atoms with van der Waals surface area (Å²) in [5, 5.41) is 5.78. The number of hydrogen-bond donors (Lipinski definition) is 2. The highest BCUT2D eigenvalue weighted by Gasteiger charge is 2.19. The SMILES string of the molecule is O=C(Nc1ccccc1CNC(=O)c1ccc(Cl)s1)c1ccc(N2CCCCCC2=O)cc1. The van der Waals surface area contributed by atoms with Crippen LogP contribution in [0, 0.1) is 0 Å². The van der Waals surface area contributed by atoms with Crippen LogP contribution in [0.5, 0.6) is 0 Å². The van der Waals surface area contributed by atoms with E-state index in [0.29, 0.717) is 33.4 Å². The van der Waals surface area contributed by atoms with Crippen molar-refractivity contribution >= 4 is 52.0 Å². The minimum absolute atomic E-state index is 0.130. The molecule has 4 rings (SSSR count). The number of benzene rings is 2. The third-order valence-electron chi connectivity index (χ3n) is 5.52. The second kappa shape index (κ2) is 10.6. The van der Waals surface area contributed by atoms with Gasteiger partial charge in [0.1, 0.15) is 0 Å². The van der Waals surface area contributed by atoms with Crippen molar-refractivity contribution in [2.45, 2.75) is 32.2 Å². The van der Waals surface area contributed by atoms with Crippen LogP contribution in [0.25, 0.3) is 0 Å². The molecular formula is C25H24ClN3O3S. The average molecular weight is 482 g/mol. The lowest BCUT2D eigenvalue weighted by Crippen LogP contribution is -2.30. The highest BCUT2D eigenvalue weighted by atomic mass is 35.5. The molecule has 0 unspecified atom stereocenters. The molecule has 2 aromatic carbocycles. The Labute approximate surface area is 201 Å². The van der Waals surface area contributed by atoms with Gasteiger partial charge < -0.3 is 15.5 Å². The highest BCUT2D eigenvalue weighted by Crippen LogP contribution is 2.23. The smallest absolute Gasteiger partial charge is 0.261 e. The van der Waals surface area contributed by atoms with Crippen LogP contribution in [-0.2, 0) is 11.3 Å². The highest BCUT2D eigenvalue weighted by molar-refractivity contribution is 7.18. The molecule has 1 aliphatic heterocycles. The largest absolute Gasteiger partial charge is 0.347 e. The summed E-state index contributed by atoms with van der Waals surface area (Å²) in [5.41, 5.74) is 2.72. The fraction of sp³-hybridized carbons (Fsp3) is 0.240. The fourth-order valence-electron chi connectivity index (χ4n) is 3.74. The molecule has 1 aromatic heterocycles. The number of carbonyl (C=O) groups is 3. The van der Waals surface area contributed by atoms with Crippen molar-refractivity contribution in [1.29, 1.82) is 0 Å². The van der Waals surface area contributed by atoms with Crippen molar-refractivity contribution in [1.82, 2.24) is 5.32 Å². The van der Waals surface area contributed by atoms with Gasteiger partial charge in [-0.3, -0.25) is 14.4 Å². The monoisotopic (exact) mass is 481 g/mol. The maximum absolute atomic E-state index is 12.8. The molecule has 6 nitrogen and oxygen atoms in total. The molecular weight excluding hydrogens is 458 g/mol. The van der Waals surface area contributed by atoms with Crippen molar-refractivity contribution in [3.8, 4) is 0 Å². The van der Waals surface area contributed by atoms with Gasteiger partial charge in [0, 0.05) is 36.4 Å². The number of hydrogen-bond acceptors (Lipinski definition) is 4. The summed E-state index contributed by atoms with van der Waals surface area (Å²) < 4.78 is 0.555. The number of halogens is 1. The molecule has 3 aromatic rings. The minimum Gasteiger partial charge on any atom is -0.347 e. The maximum atomic E-state index is 12.8. The Morgan fingerprint density at radius 1 is 0.939 bits per heavy atom. The predicted octanol–water partition coefficient (Wildman–Crippen LogP) is 5.49. The predicted molar refractivity (Wildman–Crippen MR) is 132 cm³/mol. The van der Waals surface area contributed by atoms with Gasteiger partial charge in [0.05, 0.1) is 9.21 Å². The molecule has 0 bridgehead atoms. The molecule has 33 heavy (non-hydrogen) atoms. The number of amides is 3. The van der Waals surface area contributed by atoms with Gasteiger partial charge in [0.25, 0.3) is 11.8 Å². The van der Waals surface area contributed by atoms with Crippen LogP contribution in [-0.4, -0.2) is 24.3 Å². The first-order valence-corrected chi connectivity index (χ1v) is 12.0. The van der Waals surface area contributed by atoms with Gasteiger partial charge in [-0.1, -0.05) is 36.2 Å². The lowest BCUT2D eigenvalue weighted by Gasteiger charge is -2.20. The molecule has 0 radical (unpaired) electrons. The van der Waals surface area contributed by atoms with Crippen molar-refractivity contribution < 1.29 is 14.4 Å². The molecule has 1 aliphatic rings. The van der Waals surface area contributed by atoms with Crippen molar-refractivity contribution in [3.05, 3.63) is 81.0 Å². The molecule has 8 heteroatoms. The number of carbonyl (C=O) groups excluding carboxylic acids is 3. The lowest BCUT2D eigenvalue weighted by molar-refractivity contribution is -0.118. The van der Waals surface area contributed by atoms with E-state index < -0.39 is 0 Å². The van der Waals surface area contributed by atoms with E-state index in [2.05, 4.69) is 10.6 Å². The van der Waals surface area contributed by atoms with Gasteiger partial charge in [-0.25, -0.2) is 0 Å². The summed E-state index contributed by atoms with van der Waals surface area (Å²) in [4.78, 5) is 39.8. The van der Waals surface area contributed by atoms with Crippen LogP contribution in [0.4, 0.5) is 11.4 Å². The summed E-state index contributed by atoms with van der Waals surface area (Å²) in [6.45, 7) is 0.974. The van der Waals surface area contributed by atoms with Crippen LogP contribution in [0.3, 0.4) is 0 Å². The van der Waals surface area contributed by atoms with E-state index in [1.54, 1.807) is 35.2 Å². The van der Waals surface area contributed by atoms with Crippen molar-refractivity contribution in [3.63, 3.8) is 0 Å². The zero-order valence-corrected chi connectivity index (χ0v) is 19.5. The Morgan fingerprint density at radius 2 is 1.73 bits per heavy atom. The quantitative estimate of drug-likeness (QED) is 0.488. The number of anilines is 2. The molecule has 0 spiro atoms. The molecule has 3 amide bonds. The number of para-hydroxylation sites is 1. The second-order valence-corrected chi connectivity index (χ2v) is 9.52. The zero-order valence-electron chi connectivity index (χ0n) is 18.0. The normalized spacial score (nSPS) is 14.0. The Hall–Kier alpha value is -3.16. The van der Waals surface area contributed by atoms with Crippen LogP contribution in [0.2, 0.25) is 4.34 Å². The maximum Gasteiger partial charge on any atom is 0.261 e. The number of thiophene rings is 1. The van der Waals surface area contributed by atoms with Crippen LogP contribution < -0.4 is 15.5 Å². The number of rotatable bonds is 6. The van der Waals surface area contributed by atoms with Gasteiger partial charge >= 0.3 is 0 Å². The van der Waals surface area contributed by atoms with E-state index in [9.17, 15) is 14.4 Å². The number of nitrogens with one attached hydrogen (secondary N) is 2. The topological polar surface area (TPSA) is 78.5 Å². The standard InChI is InChI=1S/C25H24ClN3O3S/c26-22-14-13-21(33-22)25(32)27-16-18-6-3-4-7-20(18)28-24(31)17-9-11-19(12-10-17)29-15-5-1-2-8-23(29)30/h3-4,6-7,9-14H,1-2,5,8,15-16H2,(H,27,32)(H,28,31). The summed E-state index contributed by atoms with van der Waals surface area (Å²) in [6, 6.07) is 17.8. The molecule has 2 heterocycles. The first-order chi connectivity index (χ1) is 16.0. The second-order valence-electron chi connectivity index (χ2n) is 7.80. The fourth-order valence-corrected chi connectivity index (χ4v) is 4.70. The molecule has 2 N–H and O–H groups in total. The van der Waals surface area contributed by atoms with E-state index >= 15 is 0 Å². The average Bonchev–Trinajstić information content (AvgIpc) is 3.15.